The average molecular weight is 232 g/mol. The quantitative estimate of drug-likeness (QED) is 0.866. The van der Waals surface area contributed by atoms with Crippen LogP contribution in [-0.4, -0.2) is 21.2 Å². The number of aliphatic carboxylic acids is 1. The molecule has 5 heteroatoms. The van der Waals surface area contributed by atoms with Crippen molar-refractivity contribution in [3.8, 4) is 0 Å². The highest BCUT2D eigenvalue weighted by Gasteiger charge is 2.10. The monoisotopic (exact) mass is 232 g/mol. The van der Waals surface area contributed by atoms with Crippen LogP contribution in [0.1, 0.15) is 22.8 Å². The zero-order valence-electron chi connectivity index (χ0n) is 9.38. The summed E-state index contributed by atoms with van der Waals surface area (Å²) >= 11 is 0. The third-order valence-electron chi connectivity index (χ3n) is 2.26. The predicted octanol–water partition coefficient (Wildman–Crippen LogP) is 1.60. The standard InChI is InChI=1S/C12H12N2O3/c1-8-3-2-4-9(5-8)6-10-13-11(17-14-10)7-12(15)16/h2-5H,6-7H2,1H3,(H,15,16). The zero-order chi connectivity index (χ0) is 12.3. The first-order valence-corrected chi connectivity index (χ1v) is 5.22. The molecule has 2 aromatic rings. The van der Waals surface area contributed by atoms with Gasteiger partial charge in [-0.2, -0.15) is 4.98 Å². The molecule has 1 N–H and O–H groups in total. The van der Waals surface area contributed by atoms with Gasteiger partial charge in [0.05, 0.1) is 0 Å². The van der Waals surface area contributed by atoms with Crippen LogP contribution in [0.2, 0.25) is 0 Å². The highest BCUT2D eigenvalue weighted by molar-refractivity contribution is 5.68. The van der Waals surface area contributed by atoms with E-state index in [-0.39, 0.29) is 12.3 Å². The lowest BCUT2D eigenvalue weighted by Gasteiger charge is -1.97. The van der Waals surface area contributed by atoms with Crippen molar-refractivity contribution in [3.05, 3.63) is 47.1 Å². The molecular formula is C12H12N2O3. The Morgan fingerprint density at radius 3 is 3.00 bits per heavy atom. The Labute approximate surface area is 98.1 Å². The molecular weight excluding hydrogens is 220 g/mol. The van der Waals surface area contributed by atoms with Crippen LogP contribution in [0.4, 0.5) is 0 Å². The minimum atomic E-state index is -0.976. The van der Waals surface area contributed by atoms with E-state index in [1.54, 1.807) is 0 Å². The fraction of sp³-hybridized carbons (Fsp3) is 0.250. The van der Waals surface area contributed by atoms with E-state index < -0.39 is 5.97 Å². The molecule has 0 aliphatic rings. The van der Waals surface area contributed by atoms with Crippen LogP contribution in [0.5, 0.6) is 0 Å². The van der Waals surface area contributed by atoms with Gasteiger partial charge in [-0.05, 0) is 12.5 Å². The molecule has 0 amide bonds. The summed E-state index contributed by atoms with van der Waals surface area (Å²) in [6.07, 6.45) is 0.311. The van der Waals surface area contributed by atoms with Gasteiger partial charge in [-0.25, -0.2) is 0 Å². The van der Waals surface area contributed by atoms with Crippen molar-refractivity contribution >= 4 is 5.97 Å². The summed E-state index contributed by atoms with van der Waals surface area (Å²) in [7, 11) is 0. The summed E-state index contributed by atoms with van der Waals surface area (Å²) in [6, 6.07) is 7.98. The van der Waals surface area contributed by atoms with Crippen molar-refractivity contribution in [2.75, 3.05) is 0 Å². The van der Waals surface area contributed by atoms with Crippen LogP contribution in [0, 0.1) is 6.92 Å². The topological polar surface area (TPSA) is 76.2 Å². The molecule has 0 fully saturated rings. The molecule has 1 aromatic heterocycles. The molecule has 0 aliphatic heterocycles. The highest BCUT2D eigenvalue weighted by atomic mass is 16.5. The Hall–Kier alpha value is -2.17. The van der Waals surface area contributed by atoms with Gasteiger partial charge in [-0.1, -0.05) is 35.0 Å². The van der Waals surface area contributed by atoms with Gasteiger partial charge < -0.3 is 9.63 Å². The minimum absolute atomic E-state index is 0.139. The van der Waals surface area contributed by atoms with E-state index in [9.17, 15) is 4.79 Å². The third kappa shape index (κ3) is 3.14. The Morgan fingerprint density at radius 1 is 1.47 bits per heavy atom. The largest absolute Gasteiger partial charge is 0.481 e. The van der Waals surface area contributed by atoms with Crippen LogP contribution >= 0.6 is 0 Å². The smallest absolute Gasteiger partial charge is 0.312 e. The fourth-order valence-electron chi connectivity index (χ4n) is 1.57. The number of carboxylic acid groups (broad SMARTS) is 1. The fourth-order valence-corrected chi connectivity index (χ4v) is 1.57. The van der Waals surface area contributed by atoms with Gasteiger partial charge in [0.2, 0.25) is 5.89 Å². The second-order valence-corrected chi connectivity index (χ2v) is 3.84. The molecule has 1 heterocycles. The number of nitrogens with zero attached hydrogens (tertiary/aromatic N) is 2. The first kappa shape index (κ1) is 11.3. The van der Waals surface area contributed by atoms with Gasteiger partial charge in [0.1, 0.15) is 6.42 Å². The molecule has 0 unspecified atom stereocenters. The average Bonchev–Trinajstić information content (AvgIpc) is 2.64. The molecule has 0 aliphatic carbocycles. The molecule has 0 bridgehead atoms. The molecule has 88 valence electrons. The summed E-state index contributed by atoms with van der Waals surface area (Å²) in [5, 5.41) is 12.3. The van der Waals surface area contributed by atoms with Crippen molar-refractivity contribution < 1.29 is 14.4 Å². The zero-order valence-corrected chi connectivity index (χ0v) is 9.38. The maximum absolute atomic E-state index is 10.5. The summed E-state index contributed by atoms with van der Waals surface area (Å²) in [4.78, 5) is 14.5. The molecule has 0 atom stereocenters. The van der Waals surface area contributed by atoms with Crippen molar-refractivity contribution in [1.29, 1.82) is 0 Å². The van der Waals surface area contributed by atoms with E-state index >= 15 is 0 Å². The van der Waals surface area contributed by atoms with E-state index in [0.717, 1.165) is 11.1 Å². The number of rotatable bonds is 4. The van der Waals surface area contributed by atoms with Gasteiger partial charge in [0, 0.05) is 6.42 Å². The molecule has 5 nitrogen and oxygen atoms in total. The van der Waals surface area contributed by atoms with Crippen molar-refractivity contribution in [3.63, 3.8) is 0 Å². The molecule has 2 rings (SSSR count). The maximum atomic E-state index is 10.5. The number of carbonyl (C=O) groups is 1. The summed E-state index contributed by atoms with van der Waals surface area (Å²) in [5.74, 6) is -0.331. The lowest BCUT2D eigenvalue weighted by Crippen LogP contribution is -2.00. The van der Waals surface area contributed by atoms with Gasteiger partial charge >= 0.3 is 5.97 Å². The molecule has 0 saturated carbocycles. The minimum Gasteiger partial charge on any atom is -0.481 e. The first-order chi connectivity index (χ1) is 8.13. The Kier molecular flexibility index (Phi) is 3.18. The van der Waals surface area contributed by atoms with Crippen molar-refractivity contribution in [2.24, 2.45) is 0 Å². The lowest BCUT2D eigenvalue weighted by molar-refractivity contribution is -0.136. The number of hydrogen-bond acceptors (Lipinski definition) is 4. The summed E-state index contributed by atoms with van der Waals surface area (Å²) in [5.41, 5.74) is 2.24. The van der Waals surface area contributed by atoms with Crippen molar-refractivity contribution in [1.82, 2.24) is 10.1 Å². The first-order valence-electron chi connectivity index (χ1n) is 5.22. The van der Waals surface area contributed by atoms with Crippen LogP contribution in [0.25, 0.3) is 0 Å². The summed E-state index contributed by atoms with van der Waals surface area (Å²) in [6.45, 7) is 2.01. The SMILES string of the molecule is Cc1cccc(Cc2noc(CC(=O)O)n2)c1. The number of hydrogen-bond donors (Lipinski definition) is 1. The molecule has 17 heavy (non-hydrogen) atoms. The second-order valence-electron chi connectivity index (χ2n) is 3.84. The van der Waals surface area contributed by atoms with Gasteiger partial charge in [-0.3, -0.25) is 4.79 Å². The Balaban J connectivity index is 2.08. The normalized spacial score (nSPS) is 10.4. The Morgan fingerprint density at radius 2 is 2.29 bits per heavy atom. The molecule has 0 spiro atoms. The molecule has 0 saturated heterocycles. The van der Waals surface area contributed by atoms with Gasteiger partial charge in [0.25, 0.3) is 0 Å². The van der Waals surface area contributed by atoms with E-state index in [0.29, 0.717) is 12.2 Å². The van der Waals surface area contributed by atoms with Crippen LogP contribution in [0.15, 0.2) is 28.8 Å². The summed E-state index contributed by atoms with van der Waals surface area (Å²) < 4.78 is 4.84. The van der Waals surface area contributed by atoms with Crippen LogP contribution in [0.3, 0.4) is 0 Å². The highest BCUT2D eigenvalue weighted by Crippen LogP contribution is 2.09. The van der Waals surface area contributed by atoms with Gasteiger partial charge in [0.15, 0.2) is 5.82 Å². The van der Waals surface area contributed by atoms with E-state index in [1.165, 1.54) is 0 Å². The van der Waals surface area contributed by atoms with Gasteiger partial charge in [-0.15, -0.1) is 0 Å². The van der Waals surface area contributed by atoms with E-state index in [1.807, 2.05) is 31.2 Å². The van der Waals surface area contributed by atoms with E-state index in [2.05, 4.69) is 10.1 Å². The maximum Gasteiger partial charge on any atom is 0.312 e. The van der Waals surface area contributed by atoms with Crippen molar-refractivity contribution in [2.45, 2.75) is 19.8 Å². The number of carboxylic acids is 1. The number of aromatic nitrogens is 2. The predicted molar refractivity (Wildman–Crippen MR) is 59.6 cm³/mol. The van der Waals surface area contributed by atoms with E-state index in [4.69, 9.17) is 9.63 Å². The number of benzene rings is 1. The van der Waals surface area contributed by atoms with Crippen LogP contribution < -0.4 is 0 Å². The second kappa shape index (κ2) is 4.78. The number of aryl methyl sites for hydroxylation is 1. The third-order valence-corrected chi connectivity index (χ3v) is 2.26. The molecule has 0 radical (unpaired) electrons. The lowest BCUT2D eigenvalue weighted by atomic mass is 10.1. The Bertz CT molecular complexity index is 534. The molecule has 1 aromatic carbocycles. The van der Waals surface area contributed by atoms with Crippen LogP contribution in [-0.2, 0) is 17.6 Å².